The summed E-state index contributed by atoms with van der Waals surface area (Å²) in [5.74, 6) is 0. The second kappa shape index (κ2) is 3.74. The van der Waals surface area contributed by atoms with Crippen LogP contribution in [0.3, 0.4) is 0 Å². The SMILES string of the molecule is Cc1cc2c(cc1Br)C[C@@H]1CNCC(C)N21. The summed E-state index contributed by atoms with van der Waals surface area (Å²) < 4.78 is 1.24. The third kappa shape index (κ3) is 1.49. The van der Waals surface area contributed by atoms with E-state index in [-0.39, 0.29) is 0 Å². The van der Waals surface area contributed by atoms with Gasteiger partial charge >= 0.3 is 0 Å². The van der Waals surface area contributed by atoms with Crippen LogP contribution in [0.15, 0.2) is 16.6 Å². The normalized spacial score (nSPS) is 27.8. The zero-order chi connectivity index (χ0) is 11.3. The molecule has 1 aromatic rings. The smallest absolute Gasteiger partial charge is 0.0459 e. The molecule has 2 aliphatic heterocycles. The fourth-order valence-electron chi connectivity index (χ4n) is 2.99. The minimum Gasteiger partial charge on any atom is -0.363 e. The molecule has 1 saturated heterocycles. The molecular formula is C13H17BrN2. The van der Waals surface area contributed by atoms with Crippen LogP contribution in [0.2, 0.25) is 0 Å². The molecule has 16 heavy (non-hydrogen) atoms. The first-order valence-electron chi connectivity index (χ1n) is 5.95. The molecule has 3 heteroatoms. The Morgan fingerprint density at radius 3 is 3.00 bits per heavy atom. The van der Waals surface area contributed by atoms with E-state index < -0.39 is 0 Å². The first kappa shape index (κ1) is 10.6. The highest BCUT2D eigenvalue weighted by Crippen LogP contribution is 2.38. The van der Waals surface area contributed by atoms with E-state index in [1.165, 1.54) is 27.7 Å². The van der Waals surface area contributed by atoms with Crippen molar-refractivity contribution in [3.8, 4) is 0 Å². The summed E-state index contributed by atoms with van der Waals surface area (Å²) in [6.45, 7) is 6.71. The van der Waals surface area contributed by atoms with Crippen LogP contribution in [-0.2, 0) is 6.42 Å². The molecule has 0 aromatic heterocycles. The Balaban J connectivity index is 2.06. The third-order valence-electron chi connectivity index (χ3n) is 3.78. The predicted molar refractivity (Wildman–Crippen MR) is 71.2 cm³/mol. The molecule has 3 rings (SSSR count). The topological polar surface area (TPSA) is 15.3 Å². The van der Waals surface area contributed by atoms with Crippen molar-refractivity contribution in [2.75, 3.05) is 18.0 Å². The minimum absolute atomic E-state index is 0.612. The van der Waals surface area contributed by atoms with Gasteiger partial charge in [0.15, 0.2) is 0 Å². The quantitative estimate of drug-likeness (QED) is 0.786. The Labute approximate surface area is 105 Å². The van der Waals surface area contributed by atoms with Crippen molar-refractivity contribution in [1.29, 1.82) is 0 Å². The van der Waals surface area contributed by atoms with Gasteiger partial charge in [-0.2, -0.15) is 0 Å². The molecule has 1 fully saturated rings. The molecule has 0 radical (unpaired) electrons. The van der Waals surface area contributed by atoms with Gasteiger partial charge in [-0.3, -0.25) is 0 Å². The van der Waals surface area contributed by atoms with Crippen LogP contribution in [0.1, 0.15) is 18.1 Å². The van der Waals surface area contributed by atoms with Gasteiger partial charge in [0, 0.05) is 35.3 Å². The number of hydrogen-bond donors (Lipinski definition) is 1. The molecule has 0 bridgehead atoms. The van der Waals surface area contributed by atoms with Crippen molar-refractivity contribution < 1.29 is 0 Å². The van der Waals surface area contributed by atoms with E-state index >= 15 is 0 Å². The molecular weight excluding hydrogens is 264 g/mol. The van der Waals surface area contributed by atoms with Gasteiger partial charge in [0.1, 0.15) is 0 Å². The molecule has 0 spiro atoms. The second-order valence-corrected chi connectivity index (χ2v) is 5.86. The lowest BCUT2D eigenvalue weighted by atomic mass is 10.1. The summed E-state index contributed by atoms with van der Waals surface area (Å²) >= 11 is 3.63. The number of piperazine rings is 1. The monoisotopic (exact) mass is 280 g/mol. The number of benzene rings is 1. The Morgan fingerprint density at radius 2 is 2.19 bits per heavy atom. The van der Waals surface area contributed by atoms with E-state index in [1.54, 1.807) is 0 Å². The van der Waals surface area contributed by atoms with Crippen LogP contribution < -0.4 is 10.2 Å². The Morgan fingerprint density at radius 1 is 1.38 bits per heavy atom. The number of hydrogen-bond acceptors (Lipinski definition) is 2. The summed E-state index contributed by atoms with van der Waals surface area (Å²) in [4.78, 5) is 2.60. The predicted octanol–water partition coefficient (Wildman–Crippen LogP) is 2.48. The maximum atomic E-state index is 3.63. The van der Waals surface area contributed by atoms with Gasteiger partial charge in [0.2, 0.25) is 0 Å². The van der Waals surface area contributed by atoms with E-state index in [1.807, 2.05) is 0 Å². The summed E-state index contributed by atoms with van der Waals surface area (Å²) in [5.41, 5.74) is 4.29. The molecule has 2 nitrogen and oxygen atoms in total. The lowest BCUT2D eigenvalue weighted by Crippen LogP contribution is -2.54. The molecule has 2 atom stereocenters. The molecule has 0 aliphatic carbocycles. The standard InChI is InChI=1S/C13H17BrN2/c1-8-3-13-10(5-12(8)14)4-11-7-15-6-9(2)16(11)13/h3,5,9,11,15H,4,6-7H2,1-2H3/t9?,11-/m1/s1. The summed E-state index contributed by atoms with van der Waals surface area (Å²) in [6.07, 6.45) is 1.19. The van der Waals surface area contributed by atoms with Gasteiger partial charge in [-0.15, -0.1) is 0 Å². The number of nitrogens with zero attached hydrogens (tertiary/aromatic N) is 1. The van der Waals surface area contributed by atoms with Crippen molar-refractivity contribution in [1.82, 2.24) is 5.32 Å². The molecule has 1 aromatic carbocycles. The third-order valence-corrected chi connectivity index (χ3v) is 4.64. The molecule has 1 unspecified atom stereocenters. The molecule has 0 amide bonds. The number of halogens is 1. The maximum absolute atomic E-state index is 3.63. The Hall–Kier alpha value is -0.540. The van der Waals surface area contributed by atoms with Crippen molar-refractivity contribution in [3.63, 3.8) is 0 Å². The second-order valence-electron chi connectivity index (χ2n) is 5.00. The van der Waals surface area contributed by atoms with Gasteiger partial charge in [0.25, 0.3) is 0 Å². The number of rotatable bonds is 0. The highest BCUT2D eigenvalue weighted by atomic mass is 79.9. The number of anilines is 1. The minimum atomic E-state index is 0.612. The van der Waals surface area contributed by atoms with E-state index in [2.05, 4.69) is 52.1 Å². The van der Waals surface area contributed by atoms with Crippen LogP contribution >= 0.6 is 15.9 Å². The first-order chi connectivity index (χ1) is 7.66. The number of aryl methyl sites for hydroxylation is 1. The van der Waals surface area contributed by atoms with Crippen molar-refractivity contribution in [2.24, 2.45) is 0 Å². The van der Waals surface area contributed by atoms with E-state index in [0.717, 1.165) is 13.1 Å². The number of fused-ring (bicyclic) bond motifs is 3. The molecule has 0 saturated carbocycles. The Bertz CT molecular complexity index is 430. The average Bonchev–Trinajstić information content (AvgIpc) is 2.58. The molecule has 2 aliphatic rings. The van der Waals surface area contributed by atoms with Crippen LogP contribution in [0.25, 0.3) is 0 Å². The van der Waals surface area contributed by atoms with Crippen molar-refractivity contribution >= 4 is 21.6 Å². The van der Waals surface area contributed by atoms with E-state index in [4.69, 9.17) is 0 Å². The zero-order valence-electron chi connectivity index (χ0n) is 9.76. The fraction of sp³-hybridized carbons (Fsp3) is 0.538. The van der Waals surface area contributed by atoms with Gasteiger partial charge in [0.05, 0.1) is 0 Å². The molecule has 2 heterocycles. The lowest BCUT2D eigenvalue weighted by Gasteiger charge is -2.38. The first-order valence-corrected chi connectivity index (χ1v) is 6.74. The van der Waals surface area contributed by atoms with Gasteiger partial charge in [-0.25, -0.2) is 0 Å². The van der Waals surface area contributed by atoms with Crippen LogP contribution in [0.5, 0.6) is 0 Å². The van der Waals surface area contributed by atoms with Gasteiger partial charge in [-0.1, -0.05) is 15.9 Å². The largest absolute Gasteiger partial charge is 0.363 e. The summed E-state index contributed by atoms with van der Waals surface area (Å²) in [5, 5.41) is 3.52. The van der Waals surface area contributed by atoms with E-state index in [0.29, 0.717) is 12.1 Å². The van der Waals surface area contributed by atoms with Crippen molar-refractivity contribution in [3.05, 3.63) is 27.7 Å². The lowest BCUT2D eigenvalue weighted by molar-refractivity contribution is 0.430. The maximum Gasteiger partial charge on any atom is 0.0459 e. The van der Waals surface area contributed by atoms with Crippen LogP contribution in [0, 0.1) is 6.92 Å². The summed E-state index contributed by atoms with van der Waals surface area (Å²) in [7, 11) is 0. The van der Waals surface area contributed by atoms with Crippen LogP contribution in [-0.4, -0.2) is 25.2 Å². The fourth-order valence-corrected chi connectivity index (χ4v) is 3.38. The number of nitrogens with one attached hydrogen (secondary N) is 1. The van der Waals surface area contributed by atoms with Crippen molar-refractivity contribution in [2.45, 2.75) is 32.4 Å². The Kier molecular flexibility index (Phi) is 2.48. The summed E-state index contributed by atoms with van der Waals surface area (Å²) in [6, 6.07) is 5.91. The average molecular weight is 281 g/mol. The van der Waals surface area contributed by atoms with Gasteiger partial charge in [-0.05, 0) is 43.5 Å². The highest BCUT2D eigenvalue weighted by molar-refractivity contribution is 9.10. The van der Waals surface area contributed by atoms with Gasteiger partial charge < -0.3 is 10.2 Å². The zero-order valence-corrected chi connectivity index (χ0v) is 11.3. The molecule has 86 valence electrons. The van der Waals surface area contributed by atoms with Crippen LogP contribution in [0.4, 0.5) is 5.69 Å². The van der Waals surface area contributed by atoms with E-state index in [9.17, 15) is 0 Å². The molecule has 1 N–H and O–H groups in total. The highest BCUT2D eigenvalue weighted by Gasteiger charge is 2.35.